The third-order valence-corrected chi connectivity index (χ3v) is 12.8. The molecular formula is C25H29NSSi. The van der Waals surface area contributed by atoms with Crippen LogP contribution >= 0.6 is 11.8 Å². The fourth-order valence-corrected chi connectivity index (χ4v) is 11.4. The molecule has 1 fully saturated rings. The Morgan fingerprint density at radius 2 is 1.14 bits per heavy atom. The van der Waals surface area contributed by atoms with Crippen LogP contribution in [0.5, 0.6) is 0 Å². The molecule has 0 N–H and O–H groups in total. The second-order valence-corrected chi connectivity index (χ2v) is 13.3. The Kier molecular flexibility index (Phi) is 6.68. The molecule has 1 heterocycles. The lowest BCUT2D eigenvalue weighted by Gasteiger charge is -2.39. The second kappa shape index (κ2) is 9.60. The van der Waals surface area contributed by atoms with Crippen LogP contribution in [0.1, 0.15) is 19.3 Å². The molecule has 0 atom stereocenters. The average molecular weight is 404 g/mol. The zero-order valence-corrected chi connectivity index (χ0v) is 18.3. The first-order valence-electron chi connectivity index (χ1n) is 10.4. The summed E-state index contributed by atoms with van der Waals surface area (Å²) in [6, 6.07) is 33.7. The molecule has 1 nitrogen and oxygen atoms in total. The van der Waals surface area contributed by atoms with Crippen LogP contribution in [0.3, 0.4) is 0 Å². The quantitative estimate of drug-likeness (QED) is 0.419. The number of benzene rings is 3. The lowest BCUT2D eigenvalue weighted by Crippen LogP contribution is -2.67. The van der Waals surface area contributed by atoms with Crippen LogP contribution < -0.4 is 10.4 Å². The van der Waals surface area contributed by atoms with E-state index in [0.717, 1.165) is 0 Å². The van der Waals surface area contributed by atoms with Gasteiger partial charge in [0, 0.05) is 16.4 Å². The van der Waals surface area contributed by atoms with Gasteiger partial charge in [-0.05, 0) is 38.1 Å². The molecule has 0 radical (unpaired) electrons. The Bertz CT molecular complexity index is 793. The van der Waals surface area contributed by atoms with E-state index in [-0.39, 0.29) is 0 Å². The SMILES string of the molecule is c1ccc(SC[Si](CN2CCCCC2)(c2ccccc2)c2ccccc2)cc1. The summed E-state index contributed by atoms with van der Waals surface area (Å²) in [5.41, 5.74) is 0. The maximum atomic E-state index is 2.75. The Balaban J connectivity index is 1.73. The monoisotopic (exact) mass is 403 g/mol. The molecule has 4 rings (SSSR count). The largest absolute Gasteiger partial charge is 0.305 e. The van der Waals surface area contributed by atoms with Crippen molar-refractivity contribution < 1.29 is 0 Å². The summed E-state index contributed by atoms with van der Waals surface area (Å²) >= 11 is 2.04. The Morgan fingerprint density at radius 1 is 0.643 bits per heavy atom. The lowest BCUT2D eigenvalue weighted by molar-refractivity contribution is 0.260. The number of rotatable bonds is 7. The zero-order chi connectivity index (χ0) is 19.1. The topological polar surface area (TPSA) is 3.24 Å². The van der Waals surface area contributed by atoms with E-state index < -0.39 is 8.07 Å². The molecule has 1 aliphatic heterocycles. The van der Waals surface area contributed by atoms with Crippen molar-refractivity contribution >= 4 is 30.2 Å². The smallest absolute Gasteiger partial charge is 0.141 e. The molecule has 1 aliphatic rings. The van der Waals surface area contributed by atoms with Crippen LogP contribution in [0.2, 0.25) is 0 Å². The first-order chi connectivity index (χ1) is 13.9. The van der Waals surface area contributed by atoms with Crippen molar-refractivity contribution in [1.29, 1.82) is 0 Å². The lowest BCUT2D eigenvalue weighted by atomic mass is 10.1. The molecule has 0 spiro atoms. The van der Waals surface area contributed by atoms with Crippen molar-refractivity contribution in [3.63, 3.8) is 0 Å². The average Bonchev–Trinajstić information content (AvgIpc) is 2.79. The van der Waals surface area contributed by atoms with E-state index in [4.69, 9.17) is 0 Å². The molecule has 0 amide bonds. The number of hydrogen-bond donors (Lipinski definition) is 0. The fourth-order valence-electron chi connectivity index (χ4n) is 4.30. The van der Waals surface area contributed by atoms with Gasteiger partial charge < -0.3 is 4.90 Å². The summed E-state index contributed by atoms with van der Waals surface area (Å²) < 4.78 is 0. The first-order valence-corrected chi connectivity index (χ1v) is 13.8. The van der Waals surface area contributed by atoms with Crippen LogP contribution in [0.4, 0.5) is 0 Å². The molecule has 0 bridgehead atoms. The minimum Gasteiger partial charge on any atom is -0.305 e. The molecule has 3 aromatic rings. The summed E-state index contributed by atoms with van der Waals surface area (Å²) in [6.07, 6.45) is 5.31. The molecular weight excluding hydrogens is 374 g/mol. The van der Waals surface area contributed by atoms with Crippen molar-refractivity contribution in [2.75, 3.05) is 24.6 Å². The predicted molar refractivity (Wildman–Crippen MR) is 125 cm³/mol. The van der Waals surface area contributed by atoms with Gasteiger partial charge in [0.1, 0.15) is 8.07 Å². The maximum absolute atomic E-state index is 2.75. The molecule has 3 heteroatoms. The predicted octanol–water partition coefficient (Wildman–Crippen LogP) is 4.61. The van der Waals surface area contributed by atoms with Gasteiger partial charge in [-0.3, -0.25) is 0 Å². The Hall–Kier alpha value is -1.81. The Labute approximate surface area is 174 Å². The summed E-state index contributed by atoms with van der Waals surface area (Å²) in [5.74, 6) is 0. The maximum Gasteiger partial charge on any atom is 0.141 e. The molecule has 0 aromatic heterocycles. The molecule has 0 unspecified atom stereocenters. The van der Waals surface area contributed by atoms with Crippen LogP contribution in [0, 0.1) is 0 Å². The van der Waals surface area contributed by atoms with E-state index in [1.807, 2.05) is 11.8 Å². The standard InChI is InChI=1S/C25H29NSSi/c1-5-13-23(14-6-1)27-22-28(24-15-7-2-8-16-24,25-17-9-3-10-18-25)21-26-19-11-4-12-20-26/h1-3,5-10,13-18H,4,11-12,19-22H2. The number of likely N-dealkylation sites (tertiary alicyclic amines) is 1. The molecule has 3 aromatic carbocycles. The third kappa shape index (κ3) is 4.60. The number of nitrogens with zero attached hydrogens (tertiary/aromatic N) is 1. The normalized spacial score (nSPS) is 15.4. The summed E-state index contributed by atoms with van der Waals surface area (Å²) in [5, 5.41) is 4.31. The van der Waals surface area contributed by atoms with Crippen molar-refractivity contribution in [3.8, 4) is 0 Å². The van der Waals surface area contributed by atoms with Gasteiger partial charge in [-0.25, -0.2) is 0 Å². The molecule has 28 heavy (non-hydrogen) atoms. The van der Waals surface area contributed by atoms with E-state index in [1.165, 1.54) is 48.8 Å². The van der Waals surface area contributed by atoms with E-state index in [2.05, 4.69) is 95.9 Å². The van der Waals surface area contributed by atoms with Crippen LogP contribution in [-0.4, -0.2) is 37.6 Å². The van der Waals surface area contributed by atoms with E-state index in [0.29, 0.717) is 0 Å². The van der Waals surface area contributed by atoms with Crippen LogP contribution in [0.25, 0.3) is 0 Å². The highest BCUT2D eigenvalue weighted by molar-refractivity contribution is 8.01. The number of piperidine rings is 1. The van der Waals surface area contributed by atoms with Gasteiger partial charge in [-0.15, -0.1) is 11.8 Å². The first kappa shape index (κ1) is 19.5. The van der Waals surface area contributed by atoms with E-state index in [1.54, 1.807) is 10.4 Å². The van der Waals surface area contributed by atoms with Gasteiger partial charge in [0.05, 0.1) is 0 Å². The van der Waals surface area contributed by atoms with Crippen molar-refractivity contribution in [2.24, 2.45) is 0 Å². The summed E-state index contributed by atoms with van der Waals surface area (Å²) in [7, 11) is -1.93. The van der Waals surface area contributed by atoms with Gasteiger partial charge in [0.25, 0.3) is 0 Å². The van der Waals surface area contributed by atoms with Crippen molar-refractivity contribution in [2.45, 2.75) is 24.2 Å². The molecule has 0 saturated carbocycles. The summed E-state index contributed by atoms with van der Waals surface area (Å²) in [4.78, 5) is 4.13. The number of thioether (sulfide) groups is 1. The molecule has 0 aliphatic carbocycles. The number of hydrogen-bond acceptors (Lipinski definition) is 2. The van der Waals surface area contributed by atoms with E-state index in [9.17, 15) is 0 Å². The Morgan fingerprint density at radius 3 is 1.68 bits per heavy atom. The molecule has 1 saturated heterocycles. The summed E-state index contributed by atoms with van der Waals surface area (Å²) in [6.45, 7) is 2.51. The van der Waals surface area contributed by atoms with Crippen molar-refractivity contribution in [1.82, 2.24) is 4.90 Å². The van der Waals surface area contributed by atoms with Gasteiger partial charge >= 0.3 is 0 Å². The van der Waals surface area contributed by atoms with Crippen molar-refractivity contribution in [3.05, 3.63) is 91.0 Å². The van der Waals surface area contributed by atoms with Gasteiger partial charge in [-0.2, -0.15) is 0 Å². The van der Waals surface area contributed by atoms with Crippen LogP contribution in [-0.2, 0) is 0 Å². The van der Waals surface area contributed by atoms with Gasteiger partial charge in [0.2, 0.25) is 0 Å². The minimum absolute atomic E-state index is 1.18. The zero-order valence-electron chi connectivity index (χ0n) is 16.5. The van der Waals surface area contributed by atoms with Gasteiger partial charge in [-0.1, -0.05) is 95.7 Å². The minimum atomic E-state index is -1.93. The fraction of sp³-hybridized carbons (Fsp3) is 0.280. The van der Waals surface area contributed by atoms with Gasteiger partial charge in [0.15, 0.2) is 0 Å². The molecule has 144 valence electrons. The third-order valence-electron chi connectivity index (χ3n) is 5.82. The highest BCUT2D eigenvalue weighted by Crippen LogP contribution is 2.24. The van der Waals surface area contributed by atoms with Crippen LogP contribution in [0.15, 0.2) is 95.9 Å². The highest BCUT2D eigenvalue weighted by atomic mass is 32.2. The van der Waals surface area contributed by atoms with E-state index >= 15 is 0 Å². The second-order valence-electron chi connectivity index (χ2n) is 7.75. The highest BCUT2D eigenvalue weighted by Gasteiger charge is 2.39.